The van der Waals surface area contributed by atoms with Gasteiger partial charge in [0.25, 0.3) is 11.1 Å². The maximum absolute atomic E-state index is 14.1. The fourth-order valence-corrected chi connectivity index (χ4v) is 10.4. The summed E-state index contributed by atoms with van der Waals surface area (Å²) in [6, 6.07) is 16.0. The molecule has 2 atom stereocenters. The summed E-state index contributed by atoms with van der Waals surface area (Å²) in [7, 11) is 12.4. The molecule has 0 bridgehead atoms. The predicted molar refractivity (Wildman–Crippen MR) is 244 cm³/mol. The van der Waals surface area contributed by atoms with Gasteiger partial charge >= 0.3 is 5.97 Å². The Balaban J connectivity index is 0.00000480. The topological polar surface area (TPSA) is 99.5 Å². The summed E-state index contributed by atoms with van der Waals surface area (Å²) in [5, 5.41) is 5.04. The molecule has 0 aliphatic carbocycles. The van der Waals surface area contributed by atoms with Crippen molar-refractivity contribution < 1.29 is 76.0 Å². The van der Waals surface area contributed by atoms with Crippen molar-refractivity contribution in [2.75, 3.05) is 62.0 Å². The van der Waals surface area contributed by atoms with Crippen molar-refractivity contribution in [1.82, 2.24) is 4.57 Å². The molecule has 60 heavy (non-hydrogen) atoms. The van der Waals surface area contributed by atoms with Crippen LogP contribution < -0.4 is 59.1 Å². The molecule has 0 amide bonds. The predicted octanol–water partition coefficient (Wildman–Crippen LogP) is 3.12. The van der Waals surface area contributed by atoms with E-state index in [1.807, 2.05) is 78.3 Å². The molecule has 5 rings (SSSR count). The van der Waals surface area contributed by atoms with E-state index in [0.717, 1.165) is 54.8 Å². The lowest BCUT2D eigenvalue weighted by Gasteiger charge is -2.39. The molecule has 2 unspecified atom stereocenters. The molecule has 0 spiro atoms. The molecule has 0 aliphatic rings. The normalized spacial score (nSPS) is 14.4. The quantitative estimate of drug-likeness (QED) is 0.0213. The number of alkyl halides is 1. The van der Waals surface area contributed by atoms with Crippen molar-refractivity contribution in [3.8, 4) is 0 Å². The van der Waals surface area contributed by atoms with E-state index in [1.54, 1.807) is 18.3 Å². The number of Topliss-reactive ketones (excluding diaryl/α,β-unsaturated/α-hetero) is 2. The van der Waals surface area contributed by atoms with Crippen LogP contribution in [-0.2, 0) is 25.7 Å². The minimum atomic E-state index is -1.10. The summed E-state index contributed by atoms with van der Waals surface area (Å²) in [6.45, 7) is 9.58. The second kappa shape index (κ2) is 20.6. The van der Waals surface area contributed by atoms with Gasteiger partial charge in [-0.25, -0.2) is 0 Å². The fraction of sp³-hybridized carbons (Fsp3) is 0.553. The van der Waals surface area contributed by atoms with Gasteiger partial charge in [0.2, 0.25) is 0 Å². The zero-order chi connectivity index (χ0) is 42.8. The maximum Gasteiger partial charge on any atom is 0.322 e. The van der Waals surface area contributed by atoms with Gasteiger partial charge in [-0.05, 0) is 67.6 Å². The number of benzene rings is 3. The van der Waals surface area contributed by atoms with Crippen molar-refractivity contribution in [3.05, 3.63) is 69.2 Å². The van der Waals surface area contributed by atoms with Crippen molar-refractivity contribution in [1.29, 1.82) is 0 Å². The molecular formula is C47H64BrI2N3O6S. The van der Waals surface area contributed by atoms with E-state index in [4.69, 9.17) is 4.74 Å². The number of nitrogens with zero attached hydrogens (tertiary/aromatic N) is 3. The minimum absolute atomic E-state index is 0. The number of carbonyl (C=O) groups is 3. The number of fused-ring (bicyclic) bond motifs is 2. The molecular weight excluding hydrogens is 1070 g/mol. The lowest BCUT2D eigenvalue weighted by Crippen LogP contribution is -3.00. The van der Waals surface area contributed by atoms with Crippen LogP contribution in [0.3, 0.4) is 0 Å². The highest BCUT2D eigenvalue weighted by Crippen LogP contribution is 2.45. The number of halogens is 3. The van der Waals surface area contributed by atoms with E-state index >= 15 is 0 Å². The van der Waals surface area contributed by atoms with E-state index < -0.39 is 21.1 Å². The number of esters is 1. The van der Waals surface area contributed by atoms with Crippen LogP contribution in [0.1, 0.15) is 85.5 Å². The summed E-state index contributed by atoms with van der Waals surface area (Å²) in [5.41, 5.74) is -2.26. The van der Waals surface area contributed by atoms with Crippen molar-refractivity contribution >= 4 is 86.5 Å². The molecule has 5 aromatic rings. The van der Waals surface area contributed by atoms with Crippen LogP contribution in [0.2, 0.25) is 0 Å². The van der Waals surface area contributed by atoms with Crippen molar-refractivity contribution in [3.63, 3.8) is 0 Å². The summed E-state index contributed by atoms with van der Waals surface area (Å²) in [5.74, 6) is -0.266. The first-order valence-electron chi connectivity index (χ1n) is 20.7. The first-order chi connectivity index (χ1) is 26.9. The molecule has 0 N–H and O–H groups in total. The highest BCUT2D eigenvalue weighted by molar-refractivity contribution is 9.10. The average molecular weight is 1130 g/mol. The summed E-state index contributed by atoms with van der Waals surface area (Å²) in [4.78, 5) is 68.8. The van der Waals surface area contributed by atoms with Crippen molar-refractivity contribution in [2.24, 2.45) is 10.8 Å². The van der Waals surface area contributed by atoms with E-state index in [1.165, 1.54) is 4.57 Å². The van der Waals surface area contributed by atoms with Gasteiger partial charge in [-0.3, -0.25) is 28.5 Å². The third-order valence-corrected chi connectivity index (χ3v) is 13.4. The van der Waals surface area contributed by atoms with Crippen LogP contribution in [0.15, 0.2) is 58.1 Å². The monoisotopic (exact) mass is 1130 g/mol. The zero-order valence-electron chi connectivity index (χ0n) is 37.1. The van der Waals surface area contributed by atoms with E-state index in [0.29, 0.717) is 66.9 Å². The lowest BCUT2D eigenvalue weighted by atomic mass is 9.65. The third-order valence-electron chi connectivity index (χ3n) is 11.6. The summed E-state index contributed by atoms with van der Waals surface area (Å²) >= 11 is 5.32. The number of hydrogen-bond acceptors (Lipinski definition) is 7. The highest BCUT2D eigenvalue weighted by Gasteiger charge is 2.47. The maximum atomic E-state index is 14.1. The van der Waals surface area contributed by atoms with E-state index in [9.17, 15) is 24.0 Å². The van der Waals surface area contributed by atoms with Gasteiger partial charge in [0.15, 0.2) is 0 Å². The van der Waals surface area contributed by atoms with Gasteiger partial charge in [-0.15, -0.1) is 11.3 Å². The lowest BCUT2D eigenvalue weighted by molar-refractivity contribution is -0.870. The molecule has 13 heteroatoms. The molecule has 0 radical (unpaired) electrons. The van der Waals surface area contributed by atoms with Crippen LogP contribution in [0.4, 0.5) is 0 Å². The zero-order valence-corrected chi connectivity index (χ0v) is 43.9. The molecule has 9 nitrogen and oxygen atoms in total. The standard InChI is InChI=1S/C47H64BrN3O6S.2HI/c1-45(2,30-46(3,39(53)21-17-27-50(5,6)7)31-47(4,48)44(56)57-29-28-51(8,9)10)38(52)20-13-11-12-16-26-49-42(54)34-23-22-33-32-18-14-15-19-36(32)58-37-25-24-35(43(49)55)40(34)41(33)37;;/h14-15,18-19,22-25H,11-13,16-17,20-21,26-31H2,1-10H3;2*1H/q+2;;/p-2. The number of carbonyl (C=O) groups excluding carboxylic acids is 3. The molecule has 2 heterocycles. The number of likely N-dealkylation sites (N-methyl/N-ethyl adjacent to an activating group) is 1. The SMILES string of the molecule is CC(C)(CC(C)(CC(C)(Br)C(=O)OCC[N+](C)(C)C)C(=O)CCC[N+](C)(C)C)C(=O)CCCCCCn1c(=O)c2ccc3sc4ccccc4c4ccc(c1=O)c2c34.[I-].[I-]. The van der Waals surface area contributed by atoms with Crippen molar-refractivity contribution in [2.45, 2.75) is 96.4 Å². The van der Waals surface area contributed by atoms with Gasteiger partial charge in [0.05, 0.1) is 48.8 Å². The molecule has 0 saturated heterocycles. The number of quaternary nitrogens is 2. The second-order valence-electron chi connectivity index (χ2n) is 19.7. The van der Waals surface area contributed by atoms with Gasteiger partial charge in [0.1, 0.15) is 29.0 Å². The Labute approximate surface area is 402 Å². The molecule has 0 fully saturated rings. The van der Waals surface area contributed by atoms with Crippen LogP contribution in [-0.4, -0.2) is 97.4 Å². The fourth-order valence-electron chi connectivity index (χ4n) is 8.58. The number of pyridine rings is 1. The number of ether oxygens (including phenoxy) is 1. The Kier molecular flexibility index (Phi) is 18.0. The first-order valence-corrected chi connectivity index (χ1v) is 22.3. The average Bonchev–Trinajstić information content (AvgIpc) is 3.12. The van der Waals surface area contributed by atoms with Crippen LogP contribution in [0.5, 0.6) is 0 Å². The molecule has 0 aliphatic heterocycles. The number of unbranched alkanes of at least 4 members (excludes halogenated alkanes) is 3. The van der Waals surface area contributed by atoms with Gasteiger partial charge in [-0.1, -0.05) is 73.8 Å². The Bertz CT molecular complexity index is 2400. The summed E-state index contributed by atoms with van der Waals surface area (Å²) in [6.07, 6.45) is 4.82. The van der Waals surface area contributed by atoms with Gasteiger partial charge < -0.3 is 61.7 Å². The van der Waals surface area contributed by atoms with Crippen LogP contribution in [0.25, 0.3) is 41.7 Å². The third kappa shape index (κ3) is 12.6. The molecule has 2 aromatic heterocycles. The van der Waals surface area contributed by atoms with Crippen LogP contribution >= 0.6 is 27.3 Å². The van der Waals surface area contributed by atoms with E-state index in [-0.39, 0.29) is 83.7 Å². The molecule has 0 saturated carbocycles. The Hall–Kier alpha value is -2.05. The second-order valence-corrected chi connectivity index (χ2v) is 22.5. The number of ketones is 2. The number of rotatable bonds is 21. The van der Waals surface area contributed by atoms with Gasteiger partial charge in [-0.2, -0.15) is 0 Å². The Morgan fingerprint density at radius 1 is 0.650 bits per heavy atom. The minimum Gasteiger partial charge on any atom is -1.00 e. The number of hydrogen-bond donors (Lipinski definition) is 0. The number of aromatic nitrogens is 1. The Morgan fingerprint density at radius 3 is 1.85 bits per heavy atom. The molecule has 3 aromatic carbocycles. The largest absolute Gasteiger partial charge is 1.00 e. The summed E-state index contributed by atoms with van der Waals surface area (Å²) < 4.78 is 9.58. The Morgan fingerprint density at radius 2 is 1.22 bits per heavy atom. The highest BCUT2D eigenvalue weighted by atomic mass is 127. The molecule has 330 valence electrons. The first kappa shape index (κ1) is 52.3. The van der Waals surface area contributed by atoms with E-state index in [2.05, 4.69) is 49.2 Å². The van der Waals surface area contributed by atoms with Crippen LogP contribution in [0, 0.1) is 10.8 Å². The van der Waals surface area contributed by atoms with Gasteiger partial charge in [0, 0.05) is 67.6 Å². The smallest absolute Gasteiger partial charge is 0.322 e.